The van der Waals surface area contributed by atoms with Crippen LogP contribution in [-0.2, 0) is 13.0 Å². The van der Waals surface area contributed by atoms with Crippen molar-refractivity contribution in [3.63, 3.8) is 0 Å². The van der Waals surface area contributed by atoms with E-state index in [4.69, 9.17) is 0 Å². The van der Waals surface area contributed by atoms with E-state index in [1.807, 2.05) is 18.2 Å². The Kier molecular flexibility index (Phi) is 3.80. The third kappa shape index (κ3) is 2.80. The highest BCUT2D eigenvalue weighted by Crippen LogP contribution is 2.32. The molecule has 0 spiro atoms. The Morgan fingerprint density at radius 1 is 1.16 bits per heavy atom. The highest BCUT2D eigenvalue weighted by molar-refractivity contribution is 5.89. The van der Waals surface area contributed by atoms with Crippen molar-refractivity contribution in [2.75, 3.05) is 6.54 Å². The van der Waals surface area contributed by atoms with Crippen LogP contribution in [0.1, 0.15) is 22.4 Å². The van der Waals surface area contributed by atoms with E-state index in [0.717, 1.165) is 28.5 Å². The fourth-order valence-electron chi connectivity index (χ4n) is 3.56. The minimum absolute atomic E-state index is 0.455. The average molecular weight is 332 g/mol. The first kappa shape index (κ1) is 15.5. The zero-order valence-corrected chi connectivity index (χ0v) is 14.1. The second kappa shape index (κ2) is 6.13. The van der Waals surface area contributed by atoms with Gasteiger partial charge >= 0.3 is 6.09 Å². The summed E-state index contributed by atoms with van der Waals surface area (Å²) in [7, 11) is 0. The van der Waals surface area contributed by atoms with Gasteiger partial charge < -0.3 is 14.6 Å². The first-order chi connectivity index (χ1) is 12.1. The number of nitrogens with zero attached hydrogens (tertiary/aromatic N) is 2. The molecule has 2 heterocycles. The molecule has 0 saturated carbocycles. The zero-order valence-electron chi connectivity index (χ0n) is 14.1. The van der Waals surface area contributed by atoms with Gasteiger partial charge in [0, 0.05) is 35.8 Å². The van der Waals surface area contributed by atoms with Gasteiger partial charge in [-0.1, -0.05) is 42.0 Å². The van der Waals surface area contributed by atoms with Crippen molar-refractivity contribution >= 4 is 29.3 Å². The Balaban J connectivity index is 1.85. The van der Waals surface area contributed by atoms with Crippen molar-refractivity contribution in [3.8, 4) is 0 Å². The number of rotatable bonds is 2. The molecule has 2 aromatic carbocycles. The van der Waals surface area contributed by atoms with Crippen LogP contribution in [0.25, 0.3) is 23.2 Å². The highest BCUT2D eigenvalue weighted by atomic mass is 16.4. The van der Waals surface area contributed by atoms with Gasteiger partial charge in [0.1, 0.15) is 0 Å². The van der Waals surface area contributed by atoms with E-state index in [2.05, 4.69) is 54.1 Å². The van der Waals surface area contributed by atoms with Gasteiger partial charge in [0.2, 0.25) is 0 Å². The predicted molar refractivity (Wildman–Crippen MR) is 100 cm³/mol. The molecular formula is C21H20N2O2. The molecule has 0 aliphatic carbocycles. The minimum atomic E-state index is -0.848. The molecule has 0 radical (unpaired) electrons. The van der Waals surface area contributed by atoms with E-state index in [1.54, 1.807) is 0 Å². The molecule has 4 rings (SSSR count). The molecule has 0 saturated heterocycles. The first-order valence-corrected chi connectivity index (χ1v) is 8.47. The number of benzene rings is 2. The van der Waals surface area contributed by atoms with Crippen molar-refractivity contribution in [3.05, 3.63) is 70.9 Å². The number of aryl methyl sites for hydroxylation is 1. The van der Waals surface area contributed by atoms with Gasteiger partial charge in [-0.05, 0) is 30.7 Å². The summed E-state index contributed by atoms with van der Waals surface area (Å²) < 4.78 is 2.22. The summed E-state index contributed by atoms with van der Waals surface area (Å²) in [5.41, 5.74) is 5.81. The Labute approximate surface area is 146 Å². The van der Waals surface area contributed by atoms with Gasteiger partial charge in [0.15, 0.2) is 0 Å². The Morgan fingerprint density at radius 3 is 2.72 bits per heavy atom. The van der Waals surface area contributed by atoms with Gasteiger partial charge in [-0.3, -0.25) is 0 Å². The fourth-order valence-corrected chi connectivity index (χ4v) is 3.56. The van der Waals surface area contributed by atoms with E-state index in [-0.39, 0.29) is 0 Å². The Hall–Kier alpha value is -3.01. The zero-order chi connectivity index (χ0) is 17.4. The summed E-state index contributed by atoms with van der Waals surface area (Å²) in [6.45, 7) is 3.06. The molecule has 4 nitrogen and oxygen atoms in total. The van der Waals surface area contributed by atoms with Crippen LogP contribution < -0.4 is 0 Å². The quantitative estimate of drug-likeness (QED) is 0.744. The average Bonchev–Trinajstić information content (AvgIpc) is 2.93. The largest absolute Gasteiger partial charge is 0.465 e. The highest BCUT2D eigenvalue weighted by Gasteiger charge is 2.25. The lowest BCUT2D eigenvalue weighted by Crippen LogP contribution is -2.34. The molecule has 126 valence electrons. The predicted octanol–water partition coefficient (Wildman–Crippen LogP) is 4.61. The van der Waals surface area contributed by atoms with Crippen LogP contribution in [0.4, 0.5) is 4.79 Å². The van der Waals surface area contributed by atoms with Gasteiger partial charge in [-0.15, -0.1) is 0 Å². The van der Waals surface area contributed by atoms with E-state index in [1.165, 1.54) is 16.2 Å². The lowest BCUT2D eigenvalue weighted by molar-refractivity contribution is 0.140. The molecule has 0 unspecified atom stereocenters. The lowest BCUT2D eigenvalue weighted by atomic mass is 10.0. The van der Waals surface area contributed by atoms with Crippen molar-refractivity contribution in [1.29, 1.82) is 0 Å². The molecule has 1 aliphatic rings. The molecule has 25 heavy (non-hydrogen) atoms. The molecule has 1 aliphatic heterocycles. The van der Waals surface area contributed by atoms with Crippen LogP contribution >= 0.6 is 0 Å². The van der Waals surface area contributed by atoms with Crippen molar-refractivity contribution in [2.45, 2.75) is 19.9 Å². The number of hydrogen-bond donors (Lipinski definition) is 1. The number of carbonyl (C=O) groups is 1. The Morgan fingerprint density at radius 2 is 1.96 bits per heavy atom. The molecule has 4 heteroatoms. The monoisotopic (exact) mass is 332 g/mol. The molecule has 0 atom stereocenters. The number of aromatic nitrogens is 1. The van der Waals surface area contributed by atoms with Gasteiger partial charge in [0.25, 0.3) is 0 Å². The summed E-state index contributed by atoms with van der Waals surface area (Å²) in [6.07, 6.45) is 4.08. The number of hydrogen-bond acceptors (Lipinski definition) is 1. The van der Waals surface area contributed by atoms with Crippen LogP contribution in [0.15, 0.2) is 48.5 Å². The summed E-state index contributed by atoms with van der Waals surface area (Å²) >= 11 is 0. The number of carboxylic acid groups (broad SMARTS) is 1. The number of fused-ring (bicyclic) bond motifs is 3. The number of amides is 1. The van der Waals surface area contributed by atoms with Crippen molar-refractivity contribution in [1.82, 2.24) is 9.47 Å². The van der Waals surface area contributed by atoms with Crippen molar-refractivity contribution < 1.29 is 9.90 Å². The van der Waals surface area contributed by atoms with Crippen LogP contribution in [0.5, 0.6) is 0 Å². The van der Waals surface area contributed by atoms with Crippen molar-refractivity contribution in [2.24, 2.45) is 0 Å². The lowest BCUT2D eigenvalue weighted by Gasteiger charge is -2.25. The maximum atomic E-state index is 11.4. The van der Waals surface area contributed by atoms with Gasteiger partial charge in [0.05, 0.1) is 12.1 Å². The maximum absolute atomic E-state index is 11.4. The smallest absolute Gasteiger partial charge is 0.407 e. The molecule has 1 amide bonds. The van der Waals surface area contributed by atoms with Gasteiger partial charge in [-0.25, -0.2) is 4.79 Å². The summed E-state index contributed by atoms with van der Waals surface area (Å²) in [4.78, 5) is 12.9. The summed E-state index contributed by atoms with van der Waals surface area (Å²) in [5.74, 6) is 0. The summed E-state index contributed by atoms with van der Waals surface area (Å²) in [6, 6.07) is 16.6. The topological polar surface area (TPSA) is 45.5 Å². The van der Waals surface area contributed by atoms with Crippen LogP contribution in [0.3, 0.4) is 0 Å². The van der Waals surface area contributed by atoms with Crippen LogP contribution in [0.2, 0.25) is 0 Å². The third-order valence-corrected chi connectivity index (χ3v) is 4.83. The first-order valence-electron chi connectivity index (χ1n) is 8.47. The molecule has 1 aromatic heterocycles. The second-order valence-corrected chi connectivity index (χ2v) is 6.50. The summed E-state index contributed by atoms with van der Waals surface area (Å²) in [5, 5.41) is 10.5. The molecule has 0 fully saturated rings. The van der Waals surface area contributed by atoms with Crippen LogP contribution in [0, 0.1) is 6.92 Å². The minimum Gasteiger partial charge on any atom is -0.465 e. The molecular weight excluding hydrogens is 312 g/mol. The second-order valence-electron chi connectivity index (χ2n) is 6.50. The fraction of sp³-hybridized carbons (Fsp3) is 0.190. The standard InChI is InChI=1S/C21H20N2O2/c1-15-7-8-19-17(13-15)18-14-22(21(24)25)11-10-20(18)23(19)12-9-16-5-3-2-4-6-16/h2-9,12-13H,10-11,14H2,1H3,(H,24,25)/b12-9+. The normalized spacial score (nSPS) is 14.2. The van der Waals surface area contributed by atoms with E-state index in [9.17, 15) is 9.90 Å². The molecule has 3 aromatic rings. The molecule has 0 bridgehead atoms. The van der Waals surface area contributed by atoms with E-state index >= 15 is 0 Å². The van der Waals surface area contributed by atoms with Gasteiger partial charge in [-0.2, -0.15) is 0 Å². The molecule has 1 N–H and O–H groups in total. The van der Waals surface area contributed by atoms with E-state index in [0.29, 0.717) is 13.1 Å². The van der Waals surface area contributed by atoms with E-state index < -0.39 is 6.09 Å². The Bertz CT molecular complexity index is 970. The van der Waals surface area contributed by atoms with Crippen LogP contribution in [-0.4, -0.2) is 27.2 Å². The maximum Gasteiger partial charge on any atom is 0.407 e. The SMILES string of the molecule is Cc1ccc2c(c1)c1c(n2/C=C/c2ccccc2)CCN(C(=O)O)C1. The third-order valence-electron chi connectivity index (χ3n) is 4.83.